The summed E-state index contributed by atoms with van der Waals surface area (Å²) in [6, 6.07) is 9.24. The molecule has 0 fully saturated rings. The second-order valence-corrected chi connectivity index (χ2v) is 5.97. The molecule has 0 bridgehead atoms. The van der Waals surface area contributed by atoms with Gasteiger partial charge in [-0.3, -0.25) is 14.3 Å². The third-order valence-corrected chi connectivity index (χ3v) is 4.14. The van der Waals surface area contributed by atoms with Gasteiger partial charge in [0.2, 0.25) is 0 Å². The summed E-state index contributed by atoms with van der Waals surface area (Å²) in [5.74, 6) is 0.411. The first-order valence-corrected chi connectivity index (χ1v) is 8.40. The van der Waals surface area contributed by atoms with Crippen molar-refractivity contribution in [2.24, 2.45) is 0 Å². The Morgan fingerprint density at radius 2 is 2.16 bits per heavy atom. The number of hydrogen-bond acceptors (Lipinski definition) is 4. The molecule has 0 aliphatic carbocycles. The molecule has 2 aromatic rings. The molecule has 0 unspecified atom stereocenters. The number of methoxy groups -OCH3 is 1. The predicted molar refractivity (Wildman–Crippen MR) is 92.6 cm³/mol. The summed E-state index contributed by atoms with van der Waals surface area (Å²) in [6.45, 7) is 4.21. The zero-order chi connectivity index (χ0) is 17.8. The number of fused-ring (bicyclic) bond motifs is 1. The Bertz CT molecular complexity index is 784. The zero-order valence-corrected chi connectivity index (χ0v) is 14.5. The fourth-order valence-corrected chi connectivity index (χ4v) is 2.82. The Morgan fingerprint density at radius 1 is 1.32 bits per heavy atom. The van der Waals surface area contributed by atoms with Crippen LogP contribution < -0.4 is 10.1 Å². The van der Waals surface area contributed by atoms with Gasteiger partial charge in [-0.15, -0.1) is 0 Å². The number of ether oxygens (including phenoxy) is 1. The van der Waals surface area contributed by atoms with E-state index in [1.165, 1.54) is 0 Å². The van der Waals surface area contributed by atoms with E-state index in [1.807, 2.05) is 31.2 Å². The fourth-order valence-electron chi connectivity index (χ4n) is 2.82. The molecule has 0 atom stereocenters. The molecule has 2 amide bonds. The van der Waals surface area contributed by atoms with Crippen LogP contribution in [0.25, 0.3) is 0 Å². The molecular weight excluding hydrogens is 320 g/mol. The van der Waals surface area contributed by atoms with Crippen LogP contribution in [-0.4, -0.2) is 46.7 Å². The molecule has 7 nitrogen and oxygen atoms in total. The molecule has 25 heavy (non-hydrogen) atoms. The highest BCUT2D eigenvalue weighted by Gasteiger charge is 2.27. The molecule has 1 aromatic carbocycles. The zero-order valence-electron chi connectivity index (χ0n) is 14.5. The van der Waals surface area contributed by atoms with Crippen molar-refractivity contribution in [1.82, 2.24) is 20.0 Å². The highest BCUT2D eigenvalue weighted by atomic mass is 16.5. The minimum Gasteiger partial charge on any atom is -0.497 e. The number of carbonyl (C=O) groups is 2. The summed E-state index contributed by atoms with van der Waals surface area (Å²) in [5.41, 5.74) is 1.75. The second-order valence-electron chi connectivity index (χ2n) is 5.97. The molecule has 1 N–H and O–H groups in total. The largest absolute Gasteiger partial charge is 0.497 e. The van der Waals surface area contributed by atoms with Gasteiger partial charge in [0, 0.05) is 25.7 Å². The molecule has 2 heterocycles. The van der Waals surface area contributed by atoms with Gasteiger partial charge >= 0.3 is 0 Å². The number of aromatic nitrogens is 2. The summed E-state index contributed by atoms with van der Waals surface area (Å²) in [6.07, 6.45) is 0.854. The maximum absolute atomic E-state index is 12.7. The first-order chi connectivity index (χ1) is 12.1. The van der Waals surface area contributed by atoms with Crippen LogP contribution >= 0.6 is 0 Å². The lowest BCUT2D eigenvalue weighted by atomic mass is 10.1. The predicted octanol–water partition coefficient (Wildman–Crippen LogP) is 1.69. The van der Waals surface area contributed by atoms with Gasteiger partial charge in [-0.2, -0.15) is 5.10 Å². The van der Waals surface area contributed by atoms with Gasteiger partial charge in [-0.1, -0.05) is 19.1 Å². The van der Waals surface area contributed by atoms with Crippen molar-refractivity contribution in [1.29, 1.82) is 0 Å². The Morgan fingerprint density at radius 3 is 2.92 bits per heavy atom. The van der Waals surface area contributed by atoms with Crippen LogP contribution in [0.5, 0.6) is 5.75 Å². The fraction of sp³-hybridized carbons (Fsp3) is 0.389. The van der Waals surface area contributed by atoms with Crippen molar-refractivity contribution >= 4 is 11.8 Å². The van der Waals surface area contributed by atoms with Crippen LogP contribution in [0.2, 0.25) is 0 Å². The average molecular weight is 342 g/mol. The summed E-state index contributed by atoms with van der Waals surface area (Å²) < 4.78 is 6.84. The minimum atomic E-state index is -0.240. The third kappa shape index (κ3) is 3.65. The number of nitrogens with zero attached hydrogens (tertiary/aromatic N) is 3. The minimum absolute atomic E-state index is 0.115. The molecule has 132 valence electrons. The summed E-state index contributed by atoms with van der Waals surface area (Å²) >= 11 is 0. The van der Waals surface area contributed by atoms with Crippen molar-refractivity contribution in [2.45, 2.75) is 26.4 Å². The van der Waals surface area contributed by atoms with E-state index in [9.17, 15) is 9.59 Å². The lowest BCUT2D eigenvalue weighted by Crippen LogP contribution is -2.39. The average Bonchev–Trinajstić information content (AvgIpc) is 3.07. The van der Waals surface area contributed by atoms with Crippen LogP contribution in [0.4, 0.5) is 0 Å². The topological polar surface area (TPSA) is 76.5 Å². The second kappa shape index (κ2) is 7.38. The van der Waals surface area contributed by atoms with Crippen LogP contribution in [0.1, 0.15) is 39.9 Å². The Hall–Kier alpha value is -2.83. The number of carbonyl (C=O) groups excluding carboxylic acids is 2. The quantitative estimate of drug-likeness (QED) is 0.867. The van der Waals surface area contributed by atoms with Crippen LogP contribution in [0.15, 0.2) is 30.3 Å². The van der Waals surface area contributed by atoms with Gasteiger partial charge in [-0.05, 0) is 24.1 Å². The number of nitrogens with one attached hydrogen (secondary N) is 1. The van der Waals surface area contributed by atoms with Gasteiger partial charge < -0.3 is 15.0 Å². The lowest BCUT2D eigenvalue weighted by Gasteiger charge is -2.27. The number of amides is 2. The van der Waals surface area contributed by atoms with E-state index >= 15 is 0 Å². The molecule has 3 rings (SSSR count). The lowest BCUT2D eigenvalue weighted by molar-refractivity contribution is 0.0683. The van der Waals surface area contributed by atoms with Gasteiger partial charge in [0.1, 0.15) is 11.4 Å². The molecule has 0 spiro atoms. The van der Waals surface area contributed by atoms with Gasteiger partial charge in [-0.25, -0.2) is 0 Å². The Balaban J connectivity index is 1.74. The maximum atomic E-state index is 12.7. The van der Waals surface area contributed by atoms with Crippen molar-refractivity contribution in [3.63, 3.8) is 0 Å². The van der Waals surface area contributed by atoms with Crippen molar-refractivity contribution in [2.75, 3.05) is 20.2 Å². The van der Waals surface area contributed by atoms with E-state index in [0.717, 1.165) is 17.7 Å². The normalized spacial score (nSPS) is 13.5. The standard InChI is InChI=1S/C18H22N4O3/c1-3-7-19-17(23)15-11-16-18(24)21(8-9-22(16)20-15)12-13-5-4-6-14(10-13)25-2/h4-6,10-11H,3,7-9,12H2,1-2H3,(H,19,23). The van der Waals surface area contributed by atoms with Gasteiger partial charge in [0.05, 0.1) is 13.7 Å². The number of benzene rings is 1. The summed E-state index contributed by atoms with van der Waals surface area (Å²) in [4.78, 5) is 26.5. The first-order valence-electron chi connectivity index (χ1n) is 8.40. The summed E-state index contributed by atoms with van der Waals surface area (Å²) in [7, 11) is 1.62. The first kappa shape index (κ1) is 17.0. The third-order valence-electron chi connectivity index (χ3n) is 4.14. The van der Waals surface area contributed by atoms with E-state index < -0.39 is 0 Å². The summed E-state index contributed by atoms with van der Waals surface area (Å²) in [5, 5.41) is 7.04. The number of rotatable bonds is 6. The van der Waals surface area contributed by atoms with E-state index in [2.05, 4.69) is 10.4 Å². The van der Waals surface area contributed by atoms with E-state index in [4.69, 9.17) is 4.74 Å². The van der Waals surface area contributed by atoms with E-state index in [-0.39, 0.29) is 11.8 Å². The molecule has 1 aromatic heterocycles. The molecule has 0 radical (unpaired) electrons. The van der Waals surface area contributed by atoms with Gasteiger partial charge in [0.25, 0.3) is 11.8 Å². The molecule has 0 saturated carbocycles. The molecular formula is C18H22N4O3. The van der Waals surface area contributed by atoms with Gasteiger partial charge in [0.15, 0.2) is 5.69 Å². The van der Waals surface area contributed by atoms with Crippen molar-refractivity contribution < 1.29 is 14.3 Å². The van der Waals surface area contributed by atoms with Crippen LogP contribution in [0, 0.1) is 0 Å². The smallest absolute Gasteiger partial charge is 0.272 e. The van der Waals surface area contributed by atoms with Crippen LogP contribution in [-0.2, 0) is 13.1 Å². The van der Waals surface area contributed by atoms with Crippen LogP contribution in [0.3, 0.4) is 0 Å². The molecule has 1 aliphatic rings. The Labute approximate surface area is 146 Å². The van der Waals surface area contributed by atoms with Crippen molar-refractivity contribution in [3.8, 4) is 5.75 Å². The SMILES string of the molecule is CCCNC(=O)c1cc2n(n1)CCN(Cc1cccc(OC)c1)C2=O. The Kier molecular flexibility index (Phi) is 5.02. The van der Waals surface area contributed by atoms with E-state index in [1.54, 1.807) is 22.8 Å². The number of hydrogen-bond donors (Lipinski definition) is 1. The highest BCUT2D eigenvalue weighted by Crippen LogP contribution is 2.19. The van der Waals surface area contributed by atoms with Crippen molar-refractivity contribution in [3.05, 3.63) is 47.3 Å². The molecule has 7 heteroatoms. The highest BCUT2D eigenvalue weighted by molar-refractivity contribution is 5.98. The monoisotopic (exact) mass is 342 g/mol. The molecule has 1 aliphatic heterocycles. The maximum Gasteiger partial charge on any atom is 0.272 e. The van der Waals surface area contributed by atoms with E-state index in [0.29, 0.717) is 37.6 Å². The molecule has 0 saturated heterocycles.